The number of aryl methyl sites for hydroxylation is 2. The lowest BCUT2D eigenvalue weighted by molar-refractivity contribution is -0.191. The monoisotopic (exact) mass is 1580 g/mol. The molecule has 4 aromatic rings. The van der Waals surface area contributed by atoms with E-state index in [1.807, 2.05) is 47.9 Å². The van der Waals surface area contributed by atoms with Crippen LogP contribution in [0, 0.1) is 50.4 Å². The molecule has 6 amide bonds. The smallest absolute Gasteiger partial charge is 0.471 e. The highest BCUT2D eigenvalue weighted by molar-refractivity contribution is 6.62. The van der Waals surface area contributed by atoms with E-state index < -0.39 is 139 Å². The molecule has 30 nitrogen and oxygen atoms in total. The number of hydrogen-bond donors (Lipinski definition) is 3. The molecule has 4 bridgehead atoms. The molecule has 2 unspecified atom stereocenters. The number of ether oxygens (including phenoxy) is 9. The first-order valence-electron chi connectivity index (χ1n) is 34.9. The van der Waals surface area contributed by atoms with Crippen LogP contribution in [0.5, 0.6) is 57.5 Å². The number of piperazine rings is 2. The third kappa shape index (κ3) is 15.1. The van der Waals surface area contributed by atoms with Gasteiger partial charge in [-0.05, 0) is 115 Å². The van der Waals surface area contributed by atoms with Crippen LogP contribution in [0.4, 0.5) is 26.3 Å². The fourth-order valence-corrected chi connectivity index (χ4v) is 17.1. The zero-order chi connectivity index (χ0) is 82.1. The van der Waals surface area contributed by atoms with E-state index in [1.165, 1.54) is 41.9 Å². The molecule has 0 aromatic heterocycles. The van der Waals surface area contributed by atoms with Crippen molar-refractivity contribution in [2.45, 2.75) is 194 Å². The first-order chi connectivity index (χ1) is 52.0. The molecular formula is C74H81ClF6N10O20. The molecule has 8 heterocycles. The number of carbonyl (C=O) groups is 10. The van der Waals surface area contributed by atoms with Crippen LogP contribution in [-0.2, 0) is 73.6 Å². The second kappa shape index (κ2) is 31.7. The van der Waals surface area contributed by atoms with Gasteiger partial charge in [0.05, 0.1) is 50.5 Å². The minimum atomic E-state index is -5.53. The largest absolute Gasteiger partial charge is 0.504 e. The highest BCUT2D eigenvalue weighted by Crippen LogP contribution is 2.61. The average Bonchev–Trinajstić information content (AvgIpc) is 1.50. The first kappa shape index (κ1) is 83.0. The SMILES string of the molecule is CC(=O)Cl.COc1c(C)cc2c(c1O)[C@@H]1C3Cc4c(OC(C)=O)c(C)c5c(c4[C@H](CNC(=O)[C@H](C)NC(=O)C(F)(F)F)N3[C@@H](C#N)[C@H](C2)N1C)OCO5.COc1c(C)cc2c(c1OC(C)=O)[C@@H]1C3Cc4c(OC(C)=O)c(C)c5c(c4[C@H](CN(C(C)=O)C(=O)[C@H](C)N(C(C)=O)C(=O)C(F)(F)F)N3[C@@H](C#N)[C@H](C2)N1C)OCO5. The van der Waals surface area contributed by atoms with Gasteiger partial charge in [-0.1, -0.05) is 12.1 Å². The Hall–Kier alpha value is -10.5. The number of methoxy groups -OCH3 is 2. The molecule has 0 aliphatic carbocycles. The fourth-order valence-electron chi connectivity index (χ4n) is 17.1. The number of carbonyl (C=O) groups excluding carboxylic acids is 10. The van der Waals surface area contributed by atoms with E-state index in [2.05, 4.69) is 29.1 Å². The number of aromatic hydroxyl groups is 1. The molecule has 111 heavy (non-hydrogen) atoms. The number of esters is 3. The number of nitrogens with zero attached hydrogens (tertiary/aromatic N) is 8. The number of alkyl halides is 6. The number of nitriles is 2. The normalized spacial score (nSPS) is 22.7. The van der Waals surface area contributed by atoms with Crippen LogP contribution in [0.3, 0.4) is 0 Å². The van der Waals surface area contributed by atoms with Crippen molar-refractivity contribution in [2.75, 3.05) is 55.0 Å². The predicted molar refractivity (Wildman–Crippen MR) is 373 cm³/mol. The van der Waals surface area contributed by atoms with E-state index in [0.717, 1.165) is 37.5 Å². The molecule has 12 atom stereocenters. The van der Waals surface area contributed by atoms with Gasteiger partial charge in [-0.3, -0.25) is 77.3 Å². The zero-order valence-electron chi connectivity index (χ0n) is 63.2. The number of imide groups is 2. The first-order valence-corrected chi connectivity index (χ1v) is 35.2. The maximum absolute atomic E-state index is 14.2. The maximum Gasteiger partial charge on any atom is 0.471 e. The molecule has 37 heteroatoms. The maximum atomic E-state index is 14.2. The number of likely N-dealkylation sites (N-methyl/N-ethyl adjacent to an activating group) is 2. The molecular weight excluding hydrogens is 1500 g/mol. The van der Waals surface area contributed by atoms with Crippen LogP contribution in [-0.4, -0.2) is 209 Å². The number of hydrogen-bond acceptors (Lipinski definition) is 26. The summed E-state index contributed by atoms with van der Waals surface area (Å²) >= 11 is 4.64. The fraction of sp³-hybridized carbons (Fsp3) is 0.514. The number of phenolic OH excluding ortho intramolecular Hbond substituents is 1. The molecule has 3 N–H and O–H groups in total. The van der Waals surface area contributed by atoms with E-state index in [1.54, 1.807) is 31.0 Å². The molecule has 8 aliphatic heterocycles. The van der Waals surface area contributed by atoms with Crippen molar-refractivity contribution < 1.29 is 122 Å². The number of fused-ring (bicyclic) bond motifs is 18. The van der Waals surface area contributed by atoms with Crippen molar-refractivity contribution >= 4 is 70.2 Å². The topological polar surface area (TPSA) is 365 Å². The van der Waals surface area contributed by atoms with Crippen molar-refractivity contribution in [3.8, 4) is 69.6 Å². The Morgan fingerprint density at radius 1 is 0.604 bits per heavy atom. The second-order valence-electron chi connectivity index (χ2n) is 28.0. The molecule has 4 aromatic carbocycles. The Bertz CT molecular complexity index is 4660. The van der Waals surface area contributed by atoms with Gasteiger partial charge in [0.25, 0.3) is 5.91 Å². The predicted octanol–water partition coefficient (Wildman–Crippen LogP) is 6.76. The third-order valence-electron chi connectivity index (χ3n) is 21.3. The van der Waals surface area contributed by atoms with Crippen molar-refractivity contribution in [1.82, 2.24) is 40.0 Å². The molecule has 2 fully saturated rings. The minimum Gasteiger partial charge on any atom is -0.504 e. The van der Waals surface area contributed by atoms with Gasteiger partial charge >= 0.3 is 42.1 Å². The van der Waals surface area contributed by atoms with Crippen LogP contribution in [0.15, 0.2) is 12.1 Å². The van der Waals surface area contributed by atoms with Crippen LogP contribution < -0.4 is 53.3 Å². The van der Waals surface area contributed by atoms with Crippen LogP contribution in [0.2, 0.25) is 0 Å². The van der Waals surface area contributed by atoms with Crippen molar-refractivity contribution in [2.24, 2.45) is 0 Å². The summed E-state index contributed by atoms with van der Waals surface area (Å²) in [4.78, 5) is 132. The lowest BCUT2D eigenvalue weighted by Crippen LogP contribution is -2.69. The second-order valence-corrected chi connectivity index (χ2v) is 28.5. The molecule has 2 saturated heterocycles. The molecule has 0 saturated carbocycles. The van der Waals surface area contributed by atoms with Crippen LogP contribution in [0.25, 0.3) is 0 Å². The number of amides is 6. The summed E-state index contributed by atoms with van der Waals surface area (Å²) in [7, 11) is 6.59. The standard InChI is InChI=1S/C39H42F3N5O11.C33H36F3N5O8.C2H3ClO/c1-16-10-23-11-25-27(13-43)47-26(31(44(25)8)29(23)36(32(16)54-9)58-22(7)51)12-24-30(35-34(55-15-56-35)17(2)33(24)57-21(6)50)28(47)14-45(19(4)48)37(52)18(3)46(20(5)49)38(53)39(40,41)42;1-13-7-17-8-19-21(10-37)41-20(25(40(19)5)23(17)26(43)27(13)46-6)9-18-24(30-29(47-12-48-30)14(2)28(18)49-16(4)42)22(41)11-38-31(44)15(3)39-32(45)33(34,35)36;1-2(3)4/h10,18,25-28,31H,11-12,14-15H2,1-9H3;7,15,19-22,25,43H,8-9,11-12H2,1-6H3,(H,38,44)(H,39,45);1H3/t18-,25-,26?,27-,28-,31-;15-,19-,20?,21-,22-,25-;/m00./s1. The van der Waals surface area contributed by atoms with Crippen molar-refractivity contribution in [3.05, 3.63) is 78.9 Å². The summed E-state index contributed by atoms with van der Waals surface area (Å²) in [5.74, 6) is -9.21. The number of nitrogens with one attached hydrogen (secondary N) is 2. The highest BCUT2D eigenvalue weighted by atomic mass is 35.5. The lowest BCUT2D eigenvalue weighted by atomic mass is 9.71. The van der Waals surface area contributed by atoms with E-state index in [-0.39, 0.29) is 95.6 Å². The quantitative estimate of drug-likeness (QED) is 0.0538. The van der Waals surface area contributed by atoms with E-state index in [4.69, 9.17) is 42.6 Å². The summed E-state index contributed by atoms with van der Waals surface area (Å²) < 4.78 is 132. The van der Waals surface area contributed by atoms with Crippen molar-refractivity contribution in [1.29, 1.82) is 10.5 Å². The summed E-state index contributed by atoms with van der Waals surface area (Å²) in [5.41, 5.74) is 6.87. The van der Waals surface area contributed by atoms with Gasteiger partial charge in [0.1, 0.15) is 35.7 Å². The van der Waals surface area contributed by atoms with E-state index in [9.17, 15) is 89.9 Å². The number of rotatable bonds is 13. The van der Waals surface area contributed by atoms with Gasteiger partial charge in [0.2, 0.25) is 36.5 Å². The minimum absolute atomic E-state index is 0.0323. The van der Waals surface area contributed by atoms with Crippen molar-refractivity contribution in [3.63, 3.8) is 0 Å². The van der Waals surface area contributed by atoms with Gasteiger partial charge in [0, 0.05) is 123 Å². The number of phenols is 1. The van der Waals surface area contributed by atoms with E-state index in [0.29, 0.717) is 85.8 Å². The zero-order valence-corrected chi connectivity index (χ0v) is 63.9. The van der Waals surface area contributed by atoms with Gasteiger partial charge in [-0.2, -0.15) is 36.9 Å². The van der Waals surface area contributed by atoms with Crippen LogP contribution >= 0.6 is 11.6 Å². The molecule has 0 spiro atoms. The van der Waals surface area contributed by atoms with Crippen LogP contribution in [0.1, 0.15) is 146 Å². The number of halogens is 7. The Morgan fingerprint density at radius 3 is 1.45 bits per heavy atom. The Morgan fingerprint density at radius 2 is 1.03 bits per heavy atom. The van der Waals surface area contributed by atoms with Gasteiger partial charge in [-0.25, -0.2) is 0 Å². The van der Waals surface area contributed by atoms with Gasteiger partial charge in [0.15, 0.2) is 46.0 Å². The summed E-state index contributed by atoms with van der Waals surface area (Å²) in [5, 5.41) is 37.4. The summed E-state index contributed by atoms with van der Waals surface area (Å²) in [6, 6.07) is -2.21. The Kier molecular flexibility index (Phi) is 23.7. The lowest BCUT2D eigenvalue weighted by Gasteiger charge is -2.60. The molecule has 0 radical (unpaired) electrons. The highest BCUT2D eigenvalue weighted by Gasteiger charge is 2.60. The Balaban J connectivity index is 0.000000228. The molecule has 596 valence electrons. The van der Waals surface area contributed by atoms with E-state index >= 15 is 0 Å². The van der Waals surface area contributed by atoms with Gasteiger partial charge < -0.3 is 58.4 Å². The summed E-state index contributed by atoms with van der Waals surface area (Å²) in [6.45, 7) is 14.4. The summed E-state index contributed by atoms with van der Waals surface area (Å²) in [6.07, 6.45) is -9.77. The Labute approximate surface area is 637 Å². The average molecular weight is 1580 g/mol. The molecule has 8 aliphatic rings. The molecule has 12 rings (SSSR count). The van der Waals surface area contributed by atoms with Gasteiger partial charge in [-0.15, -0.1) is 0 Å². The number of benzene rings is 4. The third-order valence-corrected chi connectivity index (χ3v) is 21.3.